The number of aromatic nitrogens is 2. The number of benzene rings is 1. The Balaban J connectivity index is 2.18. The van der Waals surface area contributed by atoms with E-state index in [4.69, 9.17) is 0 Å². The summed E-state index contributed by atoms with van der Waals surface area (Å²) < 4.78 is 1.79. The fourth-order valence-corrected chi connectivity index (χ4v) is 3.55. The molecule has 0 amide bonds. The molecule has 0 atom stereocenters. The summed E-state index contributed by atoms with van der Waals surface area (Å²) in [7, 11) is 0. The molecule has 0 saturated heterocycles. The Kier molecular flexibility index (Phi) is 3.20. The van der Waals surface area contributed by atoms with E-state index in [1.54, 1.807) is 23.1 Å². The molecule has 1 aromatic carbocycles. The SMILES string of the molecule is Cc1cccc(Sc2nnc(Br)s2)c1. The van der Waals surface area contributed by atoms with Crippen molar-refractivity contribution in [1.29, 1.82) is 0 Å². The van der Waals surface area contributed by atoms with Gasteiger partial charge in [-0.05, 0) is 35.0 Å². The molecule has 0 aliphatic rings. The molecular formula is C9H7BrN2S2. The number of nitrogens with zero attached hydrogens (tertiary/aromatic N) is 2. The van der Waals surface area contributed by atoms with Crippen LogP contribution in [0, 0.1) is 6.92 Å². The number of rotatable bonds is 2. The second-order valence-corrected chi connectivity index (χ2v) is 6.31. The lowest BCUT2D eigenvalue weighted by atomic mass is 10.2. The number of hydrogen-bond donors (Lipinski definition) is 0. The highest BCUT2D eigenvalue weighted by Crippen LogP contribution is 2.31. The van der Waals surface area contributed by atoms with Gasteiger partial charge in [-0.2, -0.15) is 0 Å². The summed E-state index contributed by atoms with van der Waals surface area (Å²) in [5, 5.41) is 7.92. The van der Waals surface area contributed by atoms with E-state index in [2.05, 4.69) is 51.3 Å². The first-order valence-corrected chi connectivity index (χ1v) is 6.40. The summed E-state index contributed by atoms with van der Waals surface area (Å²) in [6.07, 6.45) is 0. The van der Waals surface area contributed by atoms with E-state index < -0.39 is 0 Å². The standard InChI is InChI=1S/C9H7BrN2S2/c1-6-3-2-4-7(5-6)13-9-12-11-8(10)14-9/h2-5H,1H3. The highest BCUT2D eigenvalue weighted by molar-refractivity contribution is 9.11. The molecule has 0 saturated carbocycles. The maximum atomic E-state index is 4.03. The minimum absolute atomic E-state index is 0.827. The number of hydrogen-bond acceptors (Lipinski definition) is 4. The Morgan fingerprint density at radius 3 is 2.86 bits per heavy atom. The molecule has 0 N–H and O–H groups in total. The van der Waals surface area contributed by atoms with Crippen LogP contribution in [-0.2, 0) is 0 Å². The summed E-state index contributed by atoms with van der Waals surface area (Å²) >= 11 is 6.47. The van der Waals surface area contributed by atoms with Crippen LogP contribution in [0.1, 0.15) is 5.56 Å². The second kappa shape index (κ2) is 4.42. The average molecular weight is 287 g/mol. The third-order valence-corrected chi connectivity index (χ3v) is 3.97. The Morgan fingerprint density at radius 1 is 1.36 bits per heavy atom. The molecule has 0 radical (unpaired) electrons. The van der Waals surface area contributed by atoms with Crippen LogP contribution in [0.15, 0.2) is 37.4 Å². The van der Waals surface area contributed by atoms with Crippen molar-refractivity contribution in [3.63, 3.8) is 0 Å². The van der Waals surface area contributed by atoms with Gasteiger partial charge in [0, 0.05) is 4.90 Å². The van der Waals surface area contributed by atoms with Gasteiger partial charge >= 0.3 is 0 Å². The third kappa shape index (κ3) is 2.56. The predicted molar refractivity (Wildman–Crippen MR) is 62.9 cm³/mol. The lowest BCUT2D eigenvalue weighted by molar-refractivity contribution is 0.997. The lowest BCUT2D eigenvalue weighted by Crippen LogP contribution is -1.75. The normalized spacial score (nSPS) is 10.4. The number of halogens is 1. The monoisotopic (exact) mass is 286 g/mol. The summed E-state index contributed by atoms with van der Waals surface area (Å²) in [6.45, 7) is 2.08. The molecule has 2 rings (SSSR count). The van der Waals surface area contributed by atoms with Crippen LogP contribution in [0.5, 0.6) is 0 Å². The first-order valence-electron chi connectivity index (χ1n) is 3.97. The van der Waals surface area contributed by atoms with Gasteiger partial charge < -0.3 is 0 Å². The van der Waals surface area contributed by atoms with Gasteiger partial charge in [-0.15, -0.1) is 10.2 Å². The fraction of sp³-hybridized carbons (Fsp3) is 0.111. The molecule has 14 heavy (non-hydrogen) atoms. The number of aryl methyl sites for hydroxylation is 1. The molecule has 2 nitrogen and oxygen atoms in total. The summed E-state index contributed by atoms with van der Waals surface area (Å²) in [6, 6.07) is 8.35. The van der Waals surface area contributed by atoms with E-state index in [0.717, 1.165) is 8.26 Å². The molecule has 0 bridgehead atoms. The highest BCUT2D eigenvalue weighted by Gasteiger charge is 2.03. The van der Waals surface area contributed by atoms with E-state index in [0.29, 0.717) is 0 Å². The molecule has 0 fully saturated rings. The van der Waals surface area contributed by atoms with Gasteiger partial charge in [0.15, 0.2) is 8.26 Å². The summed E-state index contributed by atoms with van der Waals surface area (Å²) in [5.74, 6) is 0. The fourth-order valence-electron chi connectivity index (χ4n) is 1.01. The van der Waals surface area contributed by atoms with Crippen molar-refractivity contribution in [2.75, 3.05) is 0 Å². The topological polar surface area (TPSA) is 25.8 Å². The van der Waals surface area contributed by atoms with Crippen molar-refractivity contribution in [3.8, 4) is 0 Å². The average Bonchev–Trinajstić information content (AvgIpc) is 2.51. The minimum Gasteiger partial charge on any atom is -0.130 e. The molecule has 72 valence electrons. The lowest BCUT2D eigenvalue weighted by Gasteiger charge is -1.97. The van der Waals surface area contributed by atoms with Crippen LogP contribution >= 0.6 is 39.0 Å². The van der Waals surface area contributed by atoms with Crippen molar-refractivity contribution >= 4 is 39.0 Å². The van der Waals surface area contributed by atoms with E-state index in [1.807, 2.05) is 6.07 Å². The van der Waals surface area contributed by atoms with Crippen molar-refractivity contribution < 1.29 is 0 Å². The van der Waals surface area contributed by atoms with E-state index in [1.165, 1.54) is 10.5 Å². The van der Waals surface area contributed by atoms with Gasteiger partial charge in [-0.1, -0.05) is 40.8 Å². The van der Waals surface area contributed by atoms with Crippen LogP contribution in [0.4, 0.5) is 0 Å². The zero-order valence-corrected chi connectivity index (χ0v) is 10.6. The molecule has 1 heterocycles. The van der Waals surface area contributed by atoms with E-state index >= 15 is 0 Å². The van der Waals surface area contributed by atoms with Gasteiger partial charge in [-0.25, -0.2) is 0 Å². The summed E-state index contributed by atoms with van der Waals surface area (Å²) in [4.78, 5) is 1.20. The quantitative estimate of drug-likeness (QED) is 0.841. The van der Waals surface area contributed by atoms with Gasteiger partial charge in [0.1, 0.15) is 0 Å². The molecule has 0 aliphatic heterocycles. The first kappa shape index (κ1) is 10.1. The van der Waals surface area contributed by atoms with Crippen molar-refractivity contribution in [2.45, 2.75) is 16.2 Å². The smallest absolute Gasteiger partial charge is 0.130 e. The molecule has 0 aliphatic carbocycles. The van der Waals surface area contributed by atoms with Gasteiger partial charge in [0.25, 0.3) is 0 Å². The second-order valence-electron chi connectivity index (χ2n) is 2.74. The molecule has 1 aromatic heterocycles. The van der Waals surface area contributed by atoms with Crippen molar-refractivity contribution in [3.05, 3.63) is 33.7 Å². The summed E-state index contributed by atoms with van der Waals surface area (Å²) in [5.41, 5.74) is 1.26. The zero-order chi connectivity index (χ0) is 9.97. The third-order valence-electron chi connectivity index (χ3n) is 1.58. The predicted octanol–water partition coefficient (Wildman–Crippen LogP) is 3.76. The van der Waals surface area contributed by atoms with Crippen molar-refractivity contribution in [2.24, 2.45) is 0 Å². The molecule has 0 unspecified atom stereocenters. The van der Waals surface area contributed by atoms with Crippen LogP contribution in [-0.4, -0.2) is 10.2 Å². The Labute approximate surface area is 98.9 Å². The Morgan fingerprint density at radius 2 is 2.21 bits per heavy atom. The molecule has 5 heteroatoms. The maximum Gasteiger partial charge on any atom is 0.184 e. The maximum absolute atomic E-state index is 4.03. The van der Waals surface area contributed by atoms with Crippen LogP contribution in [0.25, 0.3) is 0 Å². The zero-order valence-electron chi connectivity index (χ0n) is 7.40. The highest BCUT2D eigenvalue weighted by atomic mass is 79.9. The van der Waals surface area contributed by atoms with Gasteiger partial charge in [0.05, 0.1) is 0 Å². The minimum atomic E-state index is 0.827. The van der Waals surface area contributed by atoms with Crippen LogP contribution in [0.2, 0.25) is 0 Å². The van der Waals surface area contributed by atoms with Crippen molar-refractivity contribution in [1.82, 2.24) is 10.2 Å². The Hall–Kier alpha value is -0.390. The van der Waals surface area contributed by atoms with Crippen LogP contribution < -0.4 is 0 Å². The Bertz CT molecular complexity index is 442. The van der Waals surface area contributed by atoms with Gasteiger partial charge in [0.2, 0.25) is 0 Å². The molecule has 2 aromatic rings. The van der Waals surface area contributed by atoms with E-state index in [9.17, 15) is 0 Å². The largest absolute Gasteiger partial charge is 0.184 e. The van der Waals surface area contributed by atoms with Gasteiger partial charge in [-0.3, -0.25) is 0 Å². The molecule has 0 spiro atoms. The van der Waals surface area contributed by atoms with E-state index in [-0.39, 0.29) is 0 Å². The first-order chi connectivity index (χ1) is 6.74. The van der Waals surface area contributed by atoms with Crippen LogP contribution in [0.3, 0.4) is 0 Å². The molecular weight excluding hydrogens is 280 g/mol.